The van der Waals surface area contributed by atoms with Gasteiger partial charge in [-0.2, -0.15) is 0 Å². The van der Waals surface area contributed by atoms with Crippen molar-refractivity contribution in [3.05, 3.63) is 35.1 Å². The topological polar surface area (TPSA) is 41.6 Å². The first kappa shape index (κ1) is 14.0. The molecule has 0 aromatic heterocycles. The fourth-order valence-corrected chi connectivity index (χ4v) is 2.25. The molecule has 19 heavy (non-hydrogen) atoms. The number of nitrogens with zero attached hydrogens (tertiary/aromatic N) is 1. The molecule has 0 amide bonds. The number of esters is 1. The molecule has 2 rings (SSSR count). The van der Waals surface area contributed by atoms with Crippen molar-refractivity contribution in [2.45, 2.75) is 13.0 Å². The van der Waals surface area contributed by atoms with Gasteiger partial charge in [0.25, 0.3) is 0 Å². The van der Waals surface area contributed by atoms with Crippen LogP contribution in [0.1, 0.15) is 22.3 Å². The molecule has 0 aliphatic carbocycles. The molecule has 1 heterocycles. The average Bonchev–Trinajstić information content (AvgIpc) is 2.67. The van der Waals surface area contributed by atoms with Crippen LogP contribution < -0.4 is 5.32 Å². The maximum atomic E-state index is 13.8. The van der Waals surface area contributed by atoms with Crippen LogP contribution in [0, 0.1) is 5.82 Å². The molecule has 0 saturated carbocycles. The minimum Gasteiger partial charge on any atom is -0.465 e. The standard InChI is InChI=1S/C14H19FN2O2/c1-19-14(18)12-4-3-11(9-13(12)15)10-17-7-2-5-16-6-8-17/h3-4,9,16H,2,5-8,10H2,1H3. The number of halogens is 1. The van der Waals surface area contributed by atoms with Crippen LogP contribution in [0.2, 0.25) is 0 Å². The molecule has 5 heteroatoms. The molecule has 4 nitrogen and oxygen atoms in total. The van der Waals surface area contributed by atoms with Gasteiger partial charge in [0.05, 0.1) is 12.7 Å². The summed E-state index contributed by atoms with van der Waals surface area (Å²) >= 11 is 0. The number of carbonyl (C=O) groups is 1. The predicted molar refractivity (Wildman–Crippen MR) is 70.5 cm³/mol. The summed E-state index contributed by atoms with van der Waals surface area (Å²) in [6.45, 7) is 4.67. The number of rotatable bonds is 3. The number of hydrogen-bond donors (Lipinski definition) is 1. The van der Waals surface area contributed by atoms with E-state index in [2.05, 4.69) is 15.0 Å². The predicted octanol–water partition coefficient (Wildman–Crippen LogP) is 1.41. The minimum atomic E-state index is -0.636. The second-order valence-electron chi connectivity index (χ2n) is 4.69. The molecule has 0 spiro atoms. The molecule has 1 aliphatic rings. The van der Waals surface area contributed by atoms with E-state index in [4.69, 9.17) is 0 Å². The fourth-order valence-electron chi connectivity index (χ4n) is 2.25. The van der Waals surface area contributed by atoms with Crippen molar-refractivity contribution in [1.29, 1.82) is 0 Å². The first-order valence-corrected chi connectivity index (χ1v) is 6.50. The summed E-state index contributed by atoms with van der Waals surface area (Å²) in [6, 6.07) is 4.70. The summed E-state index contributed by atoms with van der Waals surface area (Å²) in [5.41, 5.74) is 0.871. The number of benzene rings is 1. The normalized spacial score (nSPS) is 16.9. The van der Waals surface area contributed by atoms with E-state index < -0.39 is 11.8 Å². The lowest BCUT2D eigenvalue weighted by molar-refractivity contribution is 0.0595. The Morgan fingerprint density at radius 3 is 3.00 bits per heavy atom. The molecule has 0 atom stereocenters. The van der Waals surface area contributed by atoms with Crippen LogP contribution in [-0.4, -0.2) is 44.2 Å². The molecular weight excluding hydrogens is 247 g/mol. The molecule has 104 valence electrons. The Balaban J connectivity index is 2.04. The second kappa shape index (κ2) is 6.63. The Morgan fingerprint density at radius 2 is 2.26 bits per heavy atom. The zero-order chi connectivity index (χ0) is 13.7. The van der Waals surface area contributed by atoms with E-state index in [1.807, 2.05) is 0 Å². The van der Waals surface area contributed by atoms with Crippen molar-refractivity contribution in [2.75, 3.05) is 33.3 Å². The van der Waals surface area contributed by atoms with E-state index in [0.29, 0.717) is 6.54 Å². The monoisotopic (exact) mass is 266 g/mol. The van der Waals surface area contributed by atoms with Gasteiger partial charge in [0.2, 0.25) is 0 Å². The van der Waals surface area contributed by atoms with Gasteiger partial charge in [-0.3, -0.25) is 4.90 Å². The van der Waals surface area contributed by atoms with Crippen molar-refractivity contribution in [3.8, 4) is 0 Å². The van der Waals surface area contributed by atoms with Gasteiger partial charge in [0, 0.05) is 19.6 Å². The van der Waals surface area contributed by atoms with Crippen molar-refractivity contribution in [3.63, 3.8) is 0 Å². The highest BCUT2D eigenvalue weighted by atomic mass is 19.1. The van der Waals surface area contributed by atoms with E-state index in [0.717, 1.165) is 38.2 Å². The quantitative estimate of drug-likeness (QED) is 0.840. The van der Waals surface area contributed by atoms with Crippen LogP contribution in [0.25, 0.3) is 0 Å². The molecule has 0 unspecified atom stereocenters. The summed E-state index contributed by atoms with van der Waals surface area (Å²) in [7, 11) is 1.25. The van der Waals surface area contributed by atoms with Gasteiger partial charge in [-0.15, -0.1) is 0 Å². The highest BCUT2D eigenvalue weighted by molar-refractivity contribution is 5.89. The van der Waals surface area contributed by atoms with E-state index in [9.17, 15) is 9.18 Å². The molecule has 1 aromatic rings. The maximum absolute atomic E-state index is 13.8. The second-order valence-corrected chi connectivity index (χ2v) is 4.69. The highest BCUT2D eigenvalue weighted by Crippen LogP contribution is 2.14. The SMILES string of the molecule is COC(=O)c1ccc(CN2CCCNCC2)cc1F. The molecule has 0 bridgehead atoms. The lowest BCUT2D eigenvalue weighted by atomic mass is 10.1. The summed E-state index contributed by atoms with van der Waals surface area (Å²) in [4.78, 5) is 13.6. The van der Waals surface area contributed by atoms with Crippen LogP contribution in [-0.2, 0) is 11.3 Å². The average molecular weight is 266 g/mol. The molecule has 1 fully saturated rings. The third kappa shape index (κ3) is 3.75. The van der Waals surface area contributed by atoms with E-state index >= 15 is 0 Å². The van der Waals surface area contributed by atoms with Gasteiger partial charge >= 0.3 is 5.97 Å². The van der Waals surface area contributed by atoms with Crippen molar-refractivity contribution >= 4 is 5.97 Å². The van der Waals surface area contributed by atoms with Crippen LogP contribution in [0.3, 0.4) is 0 Å². The van der Waals surface area contributed by atoms with Crippen LogP contribution in [0.5, 0.6) is 0 Å². The van der Waals surface area contributed by atoms with Gasteiger partial charge in [-0.25, -0.2) is 9.18 Å². The van der Waals surface area contributed by atoms with Gasteiger partial charge in [-0.1, -0.05) is 6.07 Å². The Labute approximate surface area is 112 Å². The van der Waals surface area contributed by atoms with Crippen LogP contribution in [0.15, 0.2) is 18.2 Å². The number of carbonyl (C=O) groups excluding carboxylic acids is 1. The Kier molecular flexibility index (Phi) is 4.87. The van der Waals surface area contributed by atoms with Gasteiger partial charge < -0.3 is 10.1 Å². The van der Waals surface area contributed by atoms with Crippen molar-refractivity contribution in [2.24, 2.45) is 0 Å². The fraction of sp³-hybridized carbons (Fsp3) is 0.500. The number of methoxy groups -OCH3 is 1. The highest BCUT2D eigenvalue weighted by Gasteiger charge is 2.14. The number of nitrogens with one attached hydrogen (secondary N) is 1. The third-order valence-corrected chi connectivity index (χ3v) is 3.28. The third-order valence-electron chi connectivity index (χ3n) is 3.28. The minimum absolute atomic E-state index is 0.0104. The molecular formula is C14H19FN2O2. The summed E-state index contributed by atoms with van der Waals surface area (Å²) < 4.78 is 18.3. The van der Waals surface area contributed by atoms with Crippen molar-refractivity contribution < 1.29 is 13.9 Å². The van der Waals surface area contributed by atoms with E-state index in [1.54, 1.807) is 6.07 Å². The van der Waals surface area contributed by atoms with Gasteiger partial charge in [0.15, 0.2) is 0 Å². The molecule has 0 radical (unpaired) electrons. The first-order valence-electron chi connectivity index (χ1n) is 6.50. The Bertz CT molecular complexity index is 443. The van der Waals surface area contributed by atoms with E-state index in [-0.39, 0.29) is 5.56 Å². The lowest BCUT2D eigenvalue weighted by Gasteiger charge is -2.19. The largest absolute Gasteiger partial charge is 0.465 e. The van der Waals surface area contributed by atoms with E-state index in [1.165, 1.54) is 19.2 Å². The Morgan fingerprint density at radius 1 is 1.42 bits per heavy atom. The summed E-state index contributed by atoms with van der Waals surface area (Å²) in [5, 5.41) is 3.33. The smallest absolute Gasteiger partial charge is 0.340 e. The van der Waals surface area contributed by atoms with Gasteiger partial charge in [-0.05, 0) is 37.2 Å². The van der Waals surface area contributed by atoms with Crippen molar-refractivity contribution in [1.82, 2.24) is 10.2 Å². The Hall–Kier alpha value is -1.46. The molecule has 1 aliphatic heterocycles. The lowest BCUT2D eigenvalue weighted by Crippen LogP contribution is -2.27. The number of ether oxygens (including phenoxy) is 1. The van der Waals surface area contributed by atoms with Gasteiger partial charge in [0.1, 0.15) is 5.82 Å². The molecule has 1 N–H and O–H groups in total. The number of hydrogen-bond acceptors (Lipinski definition) is 4. The molecule has 1 saturated heterocycles. The summed E-state index contributed by atoms with van der Waals surface area (Å²) in [5.74, 6) is -1.15. The zero-order valence-electron chi connectivity index (χ0n) is 11.1. The van der Waals surface area contributed by atoms with Crippen LogP contribution in [0.4, 0.5) is 4.39 Å². The summed E-state index contributed by atoms with van der Waals surface area (Å²) in [6.07, 6.45) is 1.10. The maximum Gasteiger partial charge on any atom is 0.340 e. The zero-order valence-corrected chi connectivity index (χ0v) is 11.1. The molecule has 1 aromatic carbocycles. The van der Waals surface area contributed by atoms with Crippen LogP contribution >= 0.6 is 0 Å². The first-order chi connectivity index (χ1) is 9.20.